The van der Waals surface area contributed by atoms with Gasteiger partial charge in [-0.1, -0.05) is 6.92 Å². The van der Waals surface area contributed by atoms with Crippen molar-refractivity contribution in [3.63, 3.8) is 0 Å². The zero-order valence-corrected chi connectivity index (χ0v) is 11.4. The van der Waals surface area contributed by atoms with Crippen LogP contribution in [-0.4, -0.2) is 23.1 Å². The van der Waals surface area contributed by atoms with Crippen molar-refractivity contribution in [2.45, 2.75) is 32.5 Å². The van der Waals surface area contributed by atoms with Crippen LogP contribution in [-0.2, 0) is 11.0 Å². The topological polar surface area (TPSA) is 61.4 Å². The van der Waals surface area contributed by atoms with Crippen LogP contribution in [0.4, 0.5) is 18.9 Å². The lowest BCUT2D eigenvalue weighted by Crippen LogP contribution is -2.49. The van der Waals surface area contributed by atoms with Crippen LogP contribution in [0.1, 0.15) is 26.3 Å². The van der Waals surface area contributed by atoms with Crippen LogP contribution in [0.25, 0.3) is 0 Å². The first-order chi connectivity index (χ1) is 9.08. The van der Waals surface area contributed by atoms with Gasteiger partial charge in [-0.05, 0) is 38.6 Å². The Balaban J connectivity index is 3.01. The predicted octanol–water partition coefficient (Wildman–Crippen LogP) is 2.74. The van der Waals surface area contributed by atoms with Gasteiger partial charge >= 0.3 is 6.18 Å². The molecule has 3 N–H and O–H groups in total. The molecule has 112 valence electrons. The molecule has 7 heteroatoms. The highest BCUT2D eigenvalue weighted by atomic mass is 19.4. The number of halogens is 3. The van der Waals surface area contributed by atoms with Gasteiger partial charge in [-0.2, -0.15) is 13.2 Å². The molecule has 1 rings (SSSR count). The van der Waals surface area contributed by atoms with Gasteiger partial charge < -0.3 is 15.7 Å². The number of alkyl halides is 3. The van der Waals surface area contributed by atoms with Crippen molar-refractivity contribution in [1.82, 2.24) is 5.32 Å². The van der Waals surface area contributed by atoms with E-state index in [9.17, 15) is 23.1 Å². The first-order valence-electron chi connectivity index (χ1n) is 6.04. The van der Waals surface area contributed by atoms with E-state index in [1.165, 1.54) is 0 Å². The molecule has 0 saturated heterocycles. The maximum atomic E-state index is 12.6. The summed E-state index contributed by atoms with van der Waals surface area (Å²) in [5.74, 6) is -0.951. The summed E-state index contributed by atoms with van der Waals surface area (Å²) in [4.78, 5) is 12.0. The fraction of sp³-hybridized carbons (Fsp3) is 0.462. The Morgan fingerprint density at radius 3 is 2.40 bits per heavy atom. The molecule has 0 aromatic heterocycles. The highest BCUT2D eigenvalue weighted by molar-refractivity contribution is 5.98. The fourth-order valence-corrected chi connectivity index (χ4v) is 1.61. The van der Waals surface area contributed by atoms with Gasteiger partial charge in [0.05, 0.1) is 16.8 Å². The van der Waals surface area contributed by atoms with Crippen LogP contribution >= 0.6 is 0 Å². The summed E-state index contributed by atoms with van der Waals surface area (Å²) in [6.07, 6.45) is -4.54. The average molecular weight is 290 g/mol. The van der Waals surface area contributed by atoms with E-state index in [0.717, 1.165) is 12.1 Å². The average Bonchev–Trinajstić information content (AvgIpc) is 2.30. The summed E-state index contributed by atoms with van der Waals surface area (Å²) < 4.78 is 37.8. The van der Waals surface area contributed by atoms with Crippen LogP contribution in [0.3, 0.4) is 0 Å². The van der Waals surface area contributed by atoms with Crippen LogP contribution in [0.2, 0.25) is 0 Å². The van der Waals surface area contributed by atoms with Gasteiger partial charge in [0, 0.05) is 0 Å². The SMILES string of the molecule is CCNC(C)(C)C(=O)Nc1cc(C(F)(F)F)ccc1O. The molecule has 0 aliphatic rings. The van der Waals surface area contributed by atoms with Crippen molar-refractivity contribution < 1.29 is 23.1 Å². The molecule has 4 nitrogen and oxygen atoms in total. The first-order valence-corrected chi connectivity index (χ1v) is 6.04. The zero-order chi connectivity index (χ0) is 15.6. The third kappa shape index (κ3) is 3.86. The smallest absolute Gasteiger partial charge is 0.416 e. The van der Waals surface area contributed by atoms with E-state index in [-0.39, 0.29) is 5.69 Å². The van der Waals surface area contributed by atoms with Crippen molar-refractivity contribution in [1.29, 1.82) is 0 Å². The number of rotatable bonds is 4. The van der Waals surface area contributed by atoms with Crippen LogP contribution in [0.5, 0.6) is 5.75 Å². The van der Waals surface area contributed by atoms with Gasteiger partial charge in [0.2, 0.25) is 5.91 Å². The molecule has 0 bridgehead atoms. The first kappa shape index (κ1) is 16.3. The van der Waals surface area contributed by atoms with Gasteiger partial charge in [0.1, 0.15) is 5.75 Å². The number of carbonyl (C=O) groups is 1. The molecular formula is C13H17F3N2O2. The van der Waals surface area contributed by atoms with E-state index in [1.807, 2.05) is 0 Å². The number of phenolic OH excluding ortho intramolecular Hbond substituents is 1. The Kier molecular flexibility index (Phi) is 4.65. The van der Waals surface area contributed by atoms with E-state index in [0.29, 0.717) is 12.6 Å². The molecule has 0 spiro atoms. The minimum atomic E-state index is -4.54. The minimum absolute atomic E-state index is 0.268. The second-order valence-corrected chi connectivity index (χ2v) is 4.84. The second kappa shape index (κ2) is 5.70. The quantitative estimate of drug-likeness (QED) is 0.747. The van der Waals surface area contributed by atoms with Crippen molar-refractivity contribution in [2.75, 3.05) is 11.9 Å². The molecule has 0 unspecified atom stereocenters. The molecule has 0 saturated carbocycles. The number of anilines is 1. The molecule has 20 heavy (non-hydrogen) atoms. The van der Waals surface area contributed by atoms with E-state index in [1.54, 1.807) is 20.8 Å². The van der Waals surface area contributed by atoms with E-state index in [4.69, 9.17) is 0 Å². The summed E-state index contributed by atoms with van der Waals surface area (Å²) in [6.45, 7) is 5.51. The van der Waals surface area contributed by atoms with E-state index >= 15 is 0 Å². The molecular weight excluding hydrogens is 273 g/mol. The number of benzene rings is 1. The zero-order valence-electron chi connectivity index (χ0n) is 11.4. The number of nitrogens with one attached hydrogen (secondary N) is 2. The molecule has 1 amide bonds. The Morgan fingerprint density at radius 1 is 1.30 bits per heavy atom. The molecule has 1 aromatic rings. The second-order valence-electron chi connectivity index (χ2n) is 4.84. The summed E-state index contributed by atoms with van der Waals surface area (Å²) in [5, 5.41) is 14.7. The lowest BCUT2D eigenvalue weighted by Gasteiger charge is -2.24. The number of aromatic hydroxyl groups is 1. The van der Waals surface area contributed by atoms with Gasteiger partial charge in [-0.3, -0.25) is 4.79 Å². The maximum Gasteiger partial charge on any atom is 0.416 e. The van der Waals surface area contributed by atoms with Gasteiger partial charge in [0.15, 0.2) is 0 Å². The highest BCUT2D eigenvalue weighted by Gasteiger charge is 2.32. The summed E-state index contributed by atoms with van der Waals surface area (Å²) in [7, 11) is 0. The van der Waals surface area contributed by atoms with Gasteiger partial charge in [-0.15, -0.1) is 0 Å². The summed E-state index contributed by atoms with van der Waals surface area (Å²) >= 11 is 0. The molecule has 0 heterocycles. The third-order valence-corrected chi connectivity index (χ3v) is 2.76. The number of amides is 1. The summed E-state index contributed by atoms with van der Waals surface area (Å²) in [6, 6.07) is 2.36. The fourth-order valence-electron chi connectivity index (χ4n) is 1.61. The molecule has 0 fully saturated rings. The van der Waals surface area contributed by atoms with Crippen LogP contribution in [0, 0.1) is 0 Å². The third-order valence-electron chi connectivity index (χ3n) is 2.76. The highest BCUT2D eigenvalue weighted by Crippen LogP contribution is 2.34. The molecule has 1 aromatic carbocycles. The minimum Gasteiger partial charge on any atom is -0.506 e. The Hall–Kier alpha value is -1.76. The molecule has 0 aliphatic carbocycles. The normalized spacial score (nSPS) is 12.3. The van der Waals surface area contributed by atoms with Gasteiger partial charge in [-0.25, -0.2) is 0 Å². The molecule has 0 atom stereocenters. The number of hydrogen-bond acceptors (Lipinski definition) is 3. The lowest BCUT2D eigenvalue weighted by atomic mass is 10.0. The number of likely N-dealkylation sites (N-methyl/N-ethyl adjacent to an activating group) is 1. The Morgan fingerprint density at radius 2 is 1.90 bits per heavy atom. The predicted molar refractivity (Wildman–Crippen MR) is 69.5 cm³/mol. The molecule has 0 aliphatic heterocycles. The van der Waals surface area contributed by atoms with Crippen molar-refractivity contribution in [3.8, 4) is 5.75 Å². The van der Waals surface area contributed by atoms with E-state index in [2.05, 4.69) is 10.6 Å². The Labute approximate surface area is 115 Å². The maximum absolute atomic E-state index is 12.6. The standard InChI is InChI=1S/C13H17F3N2O2/c1-4-17-12(2,3)11(20)18-9-7-8(13(14,15)16)5-6-10(9)19/h5-7,17,19H,4H2,1-3H3,(H,18,20). The number of hydrogen-bond donors (Lipinski definition) is 3. The lowest BCUT2D eigenvalue weighted by molar-refractivity contribution is -0.137. The van der Waals surface area contributed by atoms with Crippen LogP contribution < -0.4 is 10.6 Å². The van der Waals surface area contributed by atoms with Crippen molar-refractivity contribution >= 4 is 11.6 Å². The largest absolute Gasteiger partial charge is 0.506 e. The monoisotopic (exact) mass is 290 g/mol. The Bertz CT molecular complexity index is 499. The molecule has 0 radical (unpaired) electrons. The van der Waals surface area contributed by atoms with Crippen molar-refractivity contribution in [2.24, 2.45) is 0 Å². The van der Waals surface area contributed by atoms with Crippen molar-refractivity contribution in [3.05, 3.63) is 23.8 Å². The number of carbonyl (C=O) groups excluding carboxylic acids is 1. The van der Waals surface area contributed by atoms with Gasteiger partial charge in [0.25, 0.3) is 0 Å². The van der Waals surface area contributed by atoms with E-state index < -0.39 is 28.9 Å². The summed E-state index contributed by atoms with van der Waals surface area (Å²) in [5.41, 5.74) is -2.17. The number of phenols is 1. The van der Waals surface area contributed by atoms with Crippen LogP contribution in [0.15, 0.2) is 18.2 Å².